The van der Waals surface area contributed by atoms with Crippen LogP contribution in [0.4, 0.5) is 0 Å². The first-order valence-electron chi connectivity index (χ1n) is 17.4. The Bertz CT molecular complexity index is 3110. The second-order valence-corrected chi connectivity index (χ2v) is 13.2. The van der Waals surface area contributed by atoms with Crippen LogP contribution in [0.1, 0.15) is 0 Å². The summed E-state index contributed by atoms with van der Waals surface area (Å²) in [7, 11) is 0. The highest BCUT2D eigenvalue weighted by atomic mass is 16.3. The molecule has 8 aromatic carbocycles. The van der Waals surface area contributed by atoms with E-state index in [0.717, 1.165) is 82.9 Å². The van der Waals surface area contributed by atoms with E-state index in [1.54, 1.807) is 0 Å². The zero-order chi connectivity index (χ0) is 33.5. The lowest BCUT2D eigenvalue weighted by Gasteiger charge is -2.13. The van der Waals surface area contributed by atoms with E-state index in [9.17, 15) is 0 Å². The molecule has 3 aromatic heterocycles. The number of fused-ring (bicyclic) bond motifs is 10. The third-order valence-electron chi connectivity index (χ3n) is 10.4. The molecule has 11 rings (SSSR count). The van der Waals surface area contributed by atoms with Crippen LogP contribution in [-0.4, -0.2) is 4.57 Å². The maximum Gasteiger partial charge on any atom is 0.144 e. The van der Waals surface area contributed by atoms with Gasteiger partial charge in [0.25, 0.3) is 0 Å². The topological polar surface area (TPSA) is 31.2 Å². The minimum atomic E-state index is 0.851. The van der Waals surface area contributed by atoms with Crippen molar-refractivity contribution in [2.24, 2.45) is 0 Å². The normalized spacial score (nSPS) is 11.9. The Morgan fingerprint density at radius 3 is 1.51 bits per heavy atom. The van der Waals surface area contributed by atoms with Gasteiger partial charge in [-0.1, -0.05) is 127 Å². The molecule has 0 aliphatic rings. The summed E-state index contributed by atoms with van der Waals surface area (Å²) in [5.74, 6) is 0. The summed E-state index contributed by atoms with van der Waals surface area (Å²) < 4.78 is 16.1. The quantitative estimate of drug-likeness (QED) is 0.190. The van der Waals surface area contributed by atoms with Gasteiger partial charge in [0, 0.05) is 49.1 Å². The Kier molecular flexibility index (Phi) is 5.96. The Morgan fingerprint density at radius 1 is 0.333 bits per heavy atom. The van der Waals surface area contributed by atoms with Crippen LogP contribution in [-0.2, 0) is 0 Å². The Labute approximate surface area is 293 Å². The van der Waals surface area contributed by atoms with E-state index in [4.69, 9.17) is 8.83 Å². The molecule has 0 N–H and O–H groups in total. The number of rotatable bonds is 4. The maximum atomic E-state index is 6.95. The Morgan fingerprint density at radius 2 is 0.824 bits per heavy atom. The maximum absolute atomic E-state index is 6.95. The average molecular weight is 652 g/mol. The van der Waals surface area contributed by atoms with Crippen LogP contribution in [0.15, 0.2) is 185 Å². The zero-order valence-corrected chi connectivity index (χ0v) is 27.5. The first-order chi connectivity index (χ1) is 25.3. The predicted octanol–water partition coefficient (Wildman–Crippen LogP) is 13.6. The Balaban J connectivity index is 1.23. The highest BCUT2D eigenvalue weighted by Crippen LogP contribution is 2.51. The van der Waals surface area contributed by atoms with Crippen LogP contribution < -0.4 is 0 Å². The highest BCUT2D eigenvalue weighted by Gasteiger charge is 2.26. The molecule has 3 heterocycles. The lowest BCUT2D eigenvalue weighted by Crippen LogP contribution is -1.92. The SMILES string of the molecule is c1ccc(-c2c(-c3ccccc3)c3oc4ccc(-c5ccc6c(c5)c5ccccc5n6-c5ccccc5)cc4c3c3c2oc2ccccc23)cc1. The van der Waals surface area contributed by atoms with Crippen molar-refractivity contribution in [3.8, 4) is 39.1 Å². The first-order valence-corrected chi connectivity index (χ1v) is 17.4. The molecule has 0 amide bonds. The van der Waals surface area contributed by atoms with Gasteiger partial charge >= 0.3 is 0 Å². The van der Waals surface area contributed by atoms with Gasteiger partial charge in [-0.15, -0.1) is 0 Å². The number of hydrogen-bond donors (Lipinski definition) is 0. The smallest absolute Gasteiger partial charge is 0.144 e. The predicted molar refractivity (Wildman–Crippen MR) is 212 cm³/mol. The molecule has 0 fully saturated rings. The summed E-state index contributed by atoms with van der Waals surface area (Å²) in [4.78, 5) is 0. The number of benzene rings is 8. The fourth-order valence-corrected chi connectivity index (χ4v) is 8.17. The summed E-state index contributed by atoms with van der Waals surface area (Å²) in [5, 5.41) is 6.77. The molecule has 0 unspecified atom stereocenters. The second-order valence-electron chi connectivity index (χ2n) is 13.2. The molecule has 0 radical (unpaired) electrons. The zero-order valence-electron chi connectivity index (χ0n) is 27.5. The number of furan rings is 2. The average Bonchev–Trinajstić information content (AvgIpc) is 3.87. The lowest BCUT2D eigenvalue weighted by atomic mass is 9.89. The number of para-hydroxylation sites is 3. The van der Waals surface area contributed by atoms with Crippen LogP contribution in [0.5, 0.6) is 0 Å². The monoisotopic (exact) mass is 651 g/mol. The molecule has 3 nitrogen and oxygen atoms in total. The van der Waals surface area contributed by atoms with Gasteiger partial charge in [-0.2, -0.15) is 0 Å². The van der Waals surface area contributed by atoms with Crippen molar-refractivity contribution >= 4 is 65.7 Å². The van der Waals surface area contributed by atoms with E-state index in [1.807, 2.05) is 6.07 Å². The molecular weight excluding hydrogens is 623 g/mol. The molecule has 0 saturated heterocycles. The molecule has 0 spiro atoms. The van der Waals surface area contributed by atoms with Crippen LogP contribution in [0.2, 0.25) is 0 Å². The molecule has 51 heavy (non-hydrogen) atoms. The van der Waals surface area contributed by atoms with Crippen molar-refractivity contribution < 1.29 is 8.83 Å². The third-order valence-corrected chi connectivity index (χ3v) is 10.4. The fraction of sp³-hybridized carbons (Fsp3) is 0. The molecule has 0 aliphatic carbocycles. The Hall–Kier alpha value is -6.84. The van der Waals surface area contributed by atoms with Crippen LogP contribution >= 0.6 is 0 Å². The highest BCUT2D eigenvalue weighted by molar-refractivity contribution is 6.32. The standard InChI is InChI=1S/C48H29NO2/c1-4-14-30(15-5-1)43-44(31-16-6-2-7-17-31)48-46(45-36-21-11-13-23-41(36)50-47(43)45)38-29-33(25-27-42(38)51-48)32-24-26-40-37(28-32)35-20-10-12-22-39(35)49(40)34-18-8-3-9-19-34/h1-29H. The molecule has 0 saturated carbocycles. The van der Waals surface area contributed by atoms with Gasteiger partial charge in [-0.05, 0) is 70.8 Å². The van der Waals surface area contributed by atoms with E-state index in [-0.39, 0.29) is 0 Å². The molecule has 0 aliphatic heterocycles. The van der Waals surface area contributed by atoms with E-state index in [0.29, 0.717) is 0 Å². The summed E-state index contributed by atoms with van der Waals surface area (Å²) >= 11 is 0. The van der Waals surface area contributed by atoms with Crippen LogP contribution in [0, 0.1) is 0 Å². The van der Waals surface area contributed by atoms with Gasteiger partial charge in [0.1, 0.15) is 22.3 Å². The number of nitrogens with zero attached hydrogens (tertiary/aromatic N) is 1. The van der Waals surface area contributed by atoms with Crippen molar-refractivity contribution in [2.45, 2.75) is 0 Å². The number of aromatic nitrogens is 1. The van der Waals surface area contributed by atoms with Crippen molar-refractivity contribution in [2.75, 3.05) is 0 Å². The summed E-state index contributed by atoms with van der Waals surface area (Å²) in [6.07, 6.45) is 0. The fourth-order valence-electron chi connectivity index (χ4n) is 8.17. The minimum Gasteiger partial charge on any atom is -0.455 e. The van der Waals surface area contributed by atoms with Crippen molar-refractivity contribution in [3.05, 3.63) is 176 Å². The minimum absolute atomic E-state index is 0.851. The van der Waals surface area contributed by atoms with Crippen molar-refractivity contribution in [1.29, 1.82) is 0 Å². The van der Waals surface area contributed by atoms with E-state index < -0.39 is 0 Å². The van der Waals surface area contributed by atoms with Crippen LogP contribution in [0.25, 0.3) is 105 Å². The first kappa shape index (κ1) is 28.0. The van der Waals surface area contributed by atoms with Gasteiger partial charge < -0.3 is 13.4 Å². The lowest BCUT2D eigenvalue weighted by molar-refractivity contribution is 0.664. The van der Waals surface area contributed by atoms with Gasteiger partial charge in [0.05, 0.1) is 11.0 Å². The molecule has 0 bridgehead atoms. The molecular formula is C48H29NO2. The van der Waals surface area contributed by atoms with Gasteiger partial charge in [0.15, 0.2) is 0 Å². The summed E-state index contributed by atoms with van der Waals surface area (Å²) in [6.45, 7) is 0. The molecule has 11 aromatic rings. The molecule has 238 valence electrons. The molecule has 0 atom stereocenters. The second kappa shape index (κ2) is 10.8. The van der Waals surface area contributed by atoms with Gasteiger partial charge in [0.2, 0.25) is 0 Å². The molecule has 3 heteroatoms. The van der Waals surface area contributed by atoms with Crippen molar-refractivity contribution in [1.82, 2.24) is 4.57 Å². The van der Waals surface area contributed by atoms with Gasteiger partial charge in [-0.3, -0.25) is 0 Å². The van der Waals surface area contributed by atoms with E-state index in [1.165, 1.54) is 21.8 Å². The summed E-state index contributed by atoms with van der Waals surface area (Å²) in [6, 6.07) is 62.2. The van der Waals surface area contributed by atoms with Crippen LogP contribution in [0.3, 0.4) is 0 Å². The summed E-state index contributed by atoms with van der Waals surface area (Å²) in [5.41, 5.74) is 13.5. The van der Waals surface area contributed by atoms with Gasteiger partial charge in [-0.25, -0.2) is 0 Å². The van der Waals surface area contributed by atoms with E-state index >= 15 is 0 Å². The third kappa shape index (κ3) is 4.12. The van der Waals surface area contributed by atoms with Crippen molar-refractivity contribution in [3.63, 3.8) is 0 Å². The number of hydrogen-bond acceptors (Lipinski definition) is 2. The largest absolute Gasteiger partial charge is 0.455 e. The van der Waals surface area contributed by atoms with E-state index in [2.05, 4.69) is 174 Å².